The molecule has 0 amide bonds. The van der Waals surface area contributed by atoms with E-state index in [4.69, 9.17) is 17.3 Å². The van der Waals surface area contributed by atoms with Gasteiger partial charge in [0.05, 0.1) is 5.69 Å². The Labute approximate surface area is 118 Å². The highest BCUT2D eigenvalue weighted by molar-refractivity contribution is 7.15. The highest BCUT2D eigenvalue weighted by Crippen LogP contribution is 2.44. The molecule has 1 fully saturated rings. The van der Waals surface area contributed by atoms with Crippen LogP contribution in [0.15, 0.2) is 12.1 Å². The quantitative estimate of drug-likeness (QED) is 0.926. The van der Waals surface area contributed by atoms with E-state index in [-0.39, 0.29) is 5.02 Å². The van der Waals surface area contributed by atoms with Gasteiger partial charge < -0.3 is 5.73 Å². The molecule has 0 bridgehead atoms. The molecule has 1 saturated carbocycles. The monoisotopic (exact) mass is 300 g/mol. The molecule has 3 rings (SSSR count). The summed E-state index contributed by atoms with van der Waals surface area (Å²) in [7, 11) is 0. The normalized spacial score (nSPS) is 14.9. The van der Waals surface area contributed by atoms with Crippen molar-refractivity contribution in [1.29, 1.82) is 0 Å². The van der Waals surface area contributed by atoms with Crippen molar-refractivity contribution in [3.63, 3.8) is 0 Å². The first-order valence-electron chi connectivity index (χ1n) is 5.93. The molecule has 19 heavy (non-hydrogen) atoms. The summed E-state index contributed by atoms with van der Waals surface area (Å²) in [4.78, 5) is 5.23. The lowest BCUT2D eigenvalue weighted by Crippen LogP contribution is -1.97. The fourth-order valence-electron chi connectivity index (χ4n) is 2.09. The van der Waals surface area contributed by atoms with E-state index in [9.17, 15) is 8.78 Å². The third kappa shape index (κ3) is 2.58. The van der Waals surface area contributed by atoms with Crippen LogP contribution in [0, 0.1) is 11.6 Å². The Balaban J connectivity index is 1.97. The van der Waals surface area contributed by atoms with E-state index in [0.717, 1.165) is 35.5 Å². The summed E-state index contributed by atoms with van der Waals surface area (Å²) in [5.74, 6) is -0.859. The number of nitrogen functional groups attached to an aromatic ring is 1. The molecule has 100 valence electrons. The summed E-state index contributed by atoms with van der Waals surface area (Å²) in [6.45, 7) is 0. The van der Waals surface area contributed by atoms with Gasteiger partial charge in [-0.25, -0.2) is 13.8 Å². The zero-order chi connectivity index (χ0) is 13.6. The Hall–Kier alpha value is -1.20. The van der Waals surface area contributed by atoms with Crippen LogP contribution in [0.1, 0.15) is 34.9 Å². The number of thiazole rings is 1. The maximum Gasteiger partial charge on any atom is 0.180 e. The minimum Gasteiger partial charge on any atom is -0.375 e. The van der Waals surface area contributed by atoms with E-state index < -0.39 is 11.6 Å². The fourth-order valence-corrected chi connectivity index (χ4v) is 3.28. The van der Waals surface area contributed by atoms with Gasteiger partial charge in [0.1, 0.15) is 11.6 Å². The second-order valence-corrected chi connectivity index (χ2v) is 6.18. The van der Waals surface area contributed by atoms with Crippen molar-refractivity contribution in [2.24, 2.45) is 0 Å². The lowest BCUT2D eigenvalue weighted by Gasteiger charge is -2.06. The summed E-state index contributed by atoms with van der Waals surface area (Å²) in [5.41, 5.74) is 6.97. The molecular formula is C13H11ClF2N2S. The number of benzene rings is 1. The molecule has 2 aromatic rings. The summed E-state index contributed by atoms with van der Waals surface area (Å²) in [6, 6.07) is 1.98. The second-order valence-electron chi connectivity index (χ2n) is 4.66. The third-order valence-corrected chi connectivity index (χ3v) is 4.39. The summed E-state index contributed by atoms with van der Waals surface area (Å²) < 4.78 is 26.8. The van der Waals surface area contributed by atoms with E-state index in [1.54, 1.807) is 0 Å². The van der Waals surface area contributed by atoms with Crippen molar-refractivity contribution in [3.05, 3.63) is 44.9 Å². The Kier molecular flexibility index (Phi) is 3.19. The van der Waals surface area contributed by atoms with Crippen LogP contribution in [0.5, 0.6) is 0 Å². The molecule has 2 N–H and O–H groups in total. The van der Waals surface area contributed by atoms with Crippen LogP contribution in [0.3, 0.4) is 0 Å². The summed E-state index contributed by atoms with van der Waals surface area (Å²) in [5, 5.41) is 0.585. The molecule has 0 saturated heterocycles. The molecule has 1 heterocycles. The number of anilines is 1. The molecule has 0 unspecified atom stereocenters. The van der Waals surface area contributed by atoms with Gasteiger partial charge in [-0.3, -0.25) is 0 Å². The van der Waals surface area contributed by atoms with E-state index >= 15 is 0 Å². The van der Waals surface area contributed by atoms with Gasteiger partial charge in [0.25, 0.3) is 0 Å². The first kappa shape index (κ1) is 12.8. The minimum absolute atomic E-state index is 0.103. The van der Waals surface area contributed by atoms with Crippen LogP contribution < -0.4 is 5.73 Å². The van der Waals surface area contributed by atoms with Gasteiger partial charge in [0, 0.05) is 33.9 Å². The number of rotatable bonds is 3. The maximum atomic E-state index is 13.8. The standard InChI is InChI=1S/C13H11ClF2N2S/c14-9-3-7(15)4-10(16)8(9)5-11-12(6-1-2-6)18-13(17)19-11/h3-4,6H,1-2,5H2,(H2,17,18). The molecule has 0 spiro atoms. The molecule has 0 aliphatic heterocycles. The van der Waals surface area contributed by atoms with Crippen LogP contribution in [0.2, 0.25) is 5.02 Å². The molecule has 6 heteroatoms. The molecule has 0 atom stereocenters. The predicted octanol–water partition coefficient (Wildman–Crippen LogP) is 4.13. The van der Waals surface area contributed by atoms with Crippen molar-refractivity contribution in [3.8, 4) is 0 Å². The van der Waals surface area contributed by atoms with Crippen LogP contribution in [0.4, 0.5) is 13.9 Å². The highest BCUT2D eigenvalue weighted by atomic mass is 35.5. The van der Waals surface area contributed by atoms with Crippen molar-refractivity contribution in [1.82, 2.24) is 4.98 Å². The minimum atomic E-state index is -0.669. The third-order valence-electron chi connectivity index (χ3n) is 3.15. The average Bonchev–Trinajstić information content (AvgIpc) is 3.08. The van der Waals surface area contributed by atoms with Crippen molar-refractivity contribution in [2.75, 3.05) is 5.73 Å². The van der Waals surface area contributed by atoms with Gasteiger partial charge >= 0.3 is 0 Å². The Bertz CT molecular complexity index is 615. The summed E-state index contributed by atoms with van der Waals surface area (Å²) >= 11 is 7.26. The van der Waals surface area contributed by atoms with Crippen molar-refractivity contribution in [2.45, 2.75) is 25.2 Å². The SMILES string of the molecule is Nc1nc(C2CC2)c(Cc2c(F)cc(F)cc2Cl)s1. The van der Waals surface area contributed by atoms with Gasteiger partial charge in [-0.15, -0.1) is 11.3 Å². The molecule has 0 radical (unpaired) electrons. The van der Waals surface area contributed by atoms with Gasteiger partial charge in [0.2, 0.25) is 0 Å². The fraction of sp³-hybridized carbons (Fsp3) is 0.308. The van der Waals surface area contributed by atoms with Crippen LogP contribution in [-0.4, -0.2) is 4.98 Å². The van der Waals surface area contributed by atoms with Gasteiger partial charge in [-0.05, 0) is 18.9 Å². The number of hydrogen-bond acceptors (Lipinski definition) is 3. The molecular weight excluding hydrogens is 290 g/mol. The van der Waals surface area contributed by atoms with Gasteiger partial charge in [-0.2, -0.15) is 0 Å². The largest absolute Gasteiger partial charge is 0.375 e. The topological polar surface area (TPSA) is 38.9 Å². The number of nitrogens with two attached hydrogens (primary N) is 1. The molecule has 1 aromatic heterocycles. The van der Waals surface area contributed by atoms with Gasteiger partial charge in [0.15, 0.2) is 5.13 Å². The molecule has 2 nitrogen and oxygen atoms in total. The van der Waals surface area contributed by atoms with E-state index in [1.165, 1.54) is 11.3 Å². The van der Waals surface area contributed by atoms with Gasteiger partial charge in [-0.1, -0.05) is 11.6 Å². The van der Waals surface area contributed by atoms with Crippen molar-refractivity contribution >= 4 is 28.1 Å². The van der Waals surface area contributed by atoms with E-state index in [2.05, 4.69) is 4.98 Å². The van der Waals surface area contributed by atoms with Crippen LogP contribution >= 0.6 is 22.9 Å². The summed E-state index contributed by atoms with van der Waals surface area (Å²) in [6.07, 6.45) is 2.50. The molecule has 1 aliphatic rings. The average molecular weight is 301 g/mol. The number of nitrogens with zero attached hydrogens (tertiary/aromatic N) is 1. The number of aromatic nitrogens is 1. The van der Waals surface area contributed by atoms with Crippen LogP contribution in [0.25, 0.3) is 0 Å². The molecule has 1 aliphatic carbocycles. The Morgan fingerprint density at radius 3 is 2.74 bits per heavy atom. The zero-order valence-electron chi connectivity index (χ0n) is 9.92. The lowest BCUT2D eigenvalue weighted by atomic mass is 10.1. The van der Waals surface area contributed by atoms with E-state index in [0.29, 0.717) is 23.0 Å². The van der Waals surface area contributed by atoms with E-state index in [1.807, 2.05) is 0 Å². The molecule has 1 aromatic carbocycles. The Morgan fingerprint density at radius 2 is 2.11 bits per heavy atom. The van der Waals surface area contributed by atoms with Crippen LogP contribution in [-0.2, 0) is 6.42 Å². The number of hydrogen-bond donors (Lipinski definition) is 1. The maximum absolute atomic E-state index is 13.8. The highest BCUT2D eigenvalue weighted by Gasteiger charge is 2.29. The Morgan fingerprint density at radius 1 is 1.37 bits per heavy atom. The smallest absolute Gasteiger partial charge is 0.180 e. The zero-order valence-corrected chi connectivity index (χ0v) is 11.5. The first-order chi connectivity index (χ1) is 9.04. The number of halogens is 3. The predicted molar refractivity (Wildman–Crippen MR) is 72.7 cm³/mol. The van der Waals surface area contributed by atoms with Crippen molar-refractivity contribution < 1.29 is 8.78 Å². The lowest BCUT2D eigenvalue weighted by molar-refractivity contribution is 0.575. The first-order valence-corrected chi connectivity index (χ1v) is 7.12. The second kappa shape index (κ2) is 4.72.